The molecule has 0 bridgehead atoms. The maximum absolute atomic E-state index is 12.9. The second-order valence-electron chi connectivity index (χ2n) is 8.10. The Kier molecular flexibility index (Phi) is 5.44. The van der Waals surface area contributed by atoms with E-state index in [9.17, 15) is 13.2 Å². The Balaban J connectivity index is 1.42. The number of carbonyl (C=O) groups excluding carboxylic acids is 1. The minimum absolute atomic E-state index is 0.0183. The van der Waals surface area contributed by atoms with Crippen LogP contribution in [0.2, 0.25) is 0 Å². The lowest BCUT2D eigenvalue weighted by Crippen LogP contribution is -2.49. The molecule has 0 N–H and O–H groups in total. The van der Waals surface area contributed by atoms with Gasteiger partial charge >= 0.3 is 0 Å². The van der Waals surface area contributed by atoms with Crippen molar-refractivity contribution < 1.29 is 13.2 Å². The van der Waals surface area contributed by atoms with E-state index in [4.69, 9.17) is 4.98 Å². The molecule has 1 aromatic heterocycles. The van der Waals surface area contributed by atoms with E-state index in [0.717, 1.165) is 30.2 Å². The third-order valence-corrected chi connectivity index (χ3v) is 7.87. The zero-order valence-corrected chi connectivity index (χ0v) is 18.6. The Bertz CT molecular complexity index is 1060. The zero-order chi connectivity index (χ0) is 21.5. The largest absolute Gasteiger partial charge is 0.353 e. The molecule has 0 atom stereocenters. The molecule has 0 unspecified atom stereocenters. The van der Waals surface area contributed by atoms with Crippen LogP contribution in [0, 0.1) is 20.8 Å². The van der Waals surface area contributed by atoms with E-state index < -0.39 is 10.0 Å². The molecule has 0 aliphatic carbocycles. The fraction of sp³-hybridized carbons (Fsp3) is 0.455. The highest BCUT2D eigenvalue weighted by Crippen LogP contribution is 2.25. The van der Waals surface area contributed by atoms with Crippen molar-refractivity contribution in [2.45, 2.75) is 27.2 Å². The quantitative estimate of drug-likeness (QED) is 0.751. The molecule has 2 aromatic rings. The lowest BCUT2D eigenvalue weighted by atomic mass is 10.1. The van der Waals surface area contributed by atoms with Gasteiger partial charge < -0.3 is 9.80 Å². The maximum atomic E-state index is 12.9. The fourth-order valence-corrected chi connectivity index (χ4v) is 5.72. The van der Waals surface area contributed by atoms with Crippen molar-refractivity contribution in [2.24, 2.45) is 0 Å². The topological polar surface area (TPSA) is 73.8 Å². The number of hydrogen-bond acceptors (Lipinski definition) is 5. The molecule has 3 heterocycles. The highest BCUT2D eigenvalue weighted by Gasteiger charge is 2.29. The normalized spacial score (nSPS) is 18.7. The number of sulfonamides is 1. The van der Waals surface area contributed by atoms with Gasteiger partial charge in [-0.3, -0.25) is 9.10 Å². The highest BCUT2D eigenvalue weighted by molar-refractivity contribution is 7.93. The van der Waals surface area contributed by atoms with Crippen LogP contribution in [0.4, 0.5) is 11.5 Å². The van der Waals surface area contributed by atoms with Gasteiger partial charge in [-0.1, -0.05) is 6.07 Å². The molecule has 2 fully saturated rings. The number of aryl methyl sites for hydroxylation is 3. The Morgan fingerprint density at radius 1 is 0.933 bits per heavy atom. The molecule has 160 valence electrons. The molecule has 0 spiro atoms. The van der Waals surface area contributed by atoms with Gasteiger partial charge in [0.2, 0.25) is 10.0 Å². The second kappa shape index (κ2) is 7.91. The summed E-state index contributed by atoms with van der Waals surface area (Å²) < 4.78 is 25.6. The number of hydrogen-bond donors (Lipinski definition) is 0. The van der Waals surface area contributed by atoms with Crippen LogP contribution in [0.3, 0.4) is 0 Å². The number of aromatic nitrogens is 1. The first kappa shape index (κ1) is 20.7. The fourth-order valence-electron chi connectivity index (χ4n) is 4.15. The number of benzene rings is 1. The SMILES string of the molecule is Cc1cc(C)c(N2CCN(C(=O)c3ccc(N4CCCS4(=O)=O)cc3)CC2)nc1C. The van der Waals surface area contributed by atoms with E-state index in [2.05, 4.69) is 24.8 Å². The molecule has 30 heavy (non-hydrogen) atoms. The van der Waals surface area contributed by atoms with Gasteiger partial charge in [-0.25, -0.2) is 13.4 Å². The molecule has 0 saturated carbocycles. The van der Waals surface area contributed by atoms with Gasteiger partial charge in [0.15, 0.2) is 0 Å². The minimum Gasteiger partial charge on any atom is -0.353 e. The minimum atomic E-state index is -3.21. The Labute approximate surface area is 178 Å². The van der Waals surface area contributed by atoms with Gasteiger partial charge in [-0.05, 0) is 62.6 Å². The van der Waals surface area contributed by atoms with Crippen molar-refractivity contribution in [2.75, 3.05) is 47.7 Å². The summed E-state index contributed by atoms with van der Waals surface area (Å²) >= 11 is 0. The summed E-state index contributed by atoms with van der Waals surface area (Å²) in [4.78, 5) is 21.8. The van der Waals surface area contributed by atoms with Gasteiger partial charge in [0.1, 0.15) is 5.82 Å². The van der Waals surface area contributed by atoms with Gasteiger partial charge in [0, 0.05) is 44.0 Å². The number of pyridine rings is 1. The summed E-state index contributed by atoms with van der Waals surface area (Å²) in [5, 5.41) is 0. The molecule has 2 aliphatic rings. The first-order chi connectivity index (χ1) is 14.3. The van der Waals surface area contributed by atoms with Crippen LogP contribution in [0.15, 0.2) is 30.3 Å². The van der Waals surface area contributed by atoms with Crippen LogP contribution in [-0.2, 0) is 10.0 Å². The summed E-state index contributed by atoms with van der Waals surface area (Å²) in [6, 6.07) is 9.08. The van der Waals surface area contributed by atoms with Crippen molar-refractivity contribution in [1.82, 2.24) is 9.88 Å². The van der Waals surface area contributed by atoms with Crippen LogP contribution < -0.4 is 9.21 Å². The third kappa shape index (κ3) is 3.88. The standard InChI is InChI=1S/C22H28N4O3S/c1-16-15-17(2)21(23-18(16)3)24-10-12-25(13-11-24)22(27)19-5-7-20(8-6-19)26-9-4-14-30(26,28)29/h5-8,15H,4,9-14H2,1-3H3. The molecular formula is C22H28N4O3S. The molecule has 1 aromatic carbocycles. The van der Waals surface area contributed by atoms with E-state index in [1.165, 1.54) is 9.87 Å². The summed E-state index contributed by atoms with van der Waals surface area (Å²) in [6.07, 6.45) is 0.641. The summed E-state index contributed by atoms with van der Waals surface area (Å²) in [6.45, 7) is 9.43. The van der Waals surface area contributed by atoms with Crippen molar-refractivity contribution in [3.05, 3.63) is 52.7 Å². The highest BCUT2D eigenvalue weighted by atomic mass is 32.2. The van der Waals surface area contributed by atoms with Gasteiger partial charge in [0.05, 0.1) is 11.4 Å². The molecule has 0 radical (unpaired) electrons. The molecule has 7 nitrogen and oxygen atoms in total. The molecule has 4 rings (SSSR count). The molecule has 8 heteroatoms. The number of anilines is 2. The van der Waals surface area contributed by atoms with Gasteiger partial charge in [-0.15, -0.1) is 0 Å². The number of amides is 1. The first-order valence-electron chi connectivity index (χ1n) is 10.4. The lowest BCUT2D eigenvalue weighted by molar-refractivity contribution is 0.0746. The van der Waals surface area contributed by atoms with E-state index in [-0.39, 0.29) is 11.7 Å². The van der Waals surface area contributed by atoms with Crippen LogP contribution in [0.25, 0.3) is 0 Å². The Morgan fingerprint density at radius 3 is 2.20 bits per heavy atom. The van der Waals surface area contributed by atoms with Crippen molar-refractivity contribution >= 4 is 27.4 Å². The lowest BCUT2D eigenvalue weighted by Gasteiger charge is -2.36. The smallest absolute Gasteiger partial charge is 0.253 e. The van der Waals surface area contributed by atoms with Crippen LogP contribution >= 0.6 is 0 Å². The Hall–Kier alpha value is -2.61. The summed E-state index contributed by atoms with van der Waals surface area (Å²) in [7, 11) is -3.21. The monoisotopic (exact) mass is 428 g/mol. The van der Waals surface area contributed by atoms with Gasteiger partial charge in [-0.2, -0.15) is 0 Å². The van der Waals surface area contributed by atoms with Crippen molar-refractivity contribution in [3.8, 4) is 0 Å². The number of carbonyl (C=O) groups is 1. The van der Waals surface area contributed by atoms with Crippen LogP contribution in [0.1, 0.15) is 33.6 Å². The maximum Gasteiger partial charge on any atom is 0.253 e. The third-order valence-electron chi connectivity index (χ3n) is 6.00. The van der Waals surface area contributed by atoms with E-state index in [0.29, 0.717) is 37.3 Å². The Morgan fingerprint density at radius 2 is 1.60 bits per heavy atom. The van der Waals surface area contributed by atoms with Gasteiger partial charge in [0.25, 0.3) is 5.91 Å². The molecule has 2 saturated heterocycles. The predicted octanol–water partition coefficient (Wildman–Crippen LogP) is 2.51. The van der Waals surface area contributed by atoms with Crippen LogP contribution in [-0.4, -0.2) is 62.7 Å². The summed E-state index contributed by atoms with van der Waals surface area (Å²) in [5.41, 5.74) is 4.60. The van der Waals surface area contributed by atoms with Crippen molar-refractivity contribution in [1.29, 1.82) is 0 Å². The van der Waals surface area contributed by atoms with Crippen molar-refractivity contribution in [3.63, 3.8) is 0 Å². The first-order valence-corrected chi connectivity index (χ1v) is 12.0. The summed E-state index contributed by atoms with van der Waals surface area (Å²) in [5.74, 6) is 1.17. The zero-order valence-electron chi connectivity index (χ0n) is 17.8. The molecular weight excluding hydrogens is 400 g/mol. The van der Waals surface area contributed by atoms with E-state index in [1.807, 2.05) is 11.8 Å². The molecule has 1 amide bonds. The number of rotatable bonds is 3. The van der Waals surface area contributed by atoms with E-state index >= 15 is 0 Å². The average Bonchev–Trinajstić information content (AvgIpc) is 3.09. The predicted molar refractivity (Wildman–Crippen MR) is 119 cm³/mol. The average molecular weight is 429 g/mol. The number of piperazine rings is 1. The van der Waals surface area contributed by atoms with Crippen LogP contribution in [0.5, 0.6) is 0 Å². The number of nitrogens with zero attached hydrogens (tertiary/aromatic N) is 4. The molecule has 2 aliphatic heterocycles. The second-order valence-corrected chi connectivity index (χ2v) is 10.1. The van der Waals surface area contributed by atoms with E-state index in [1.54, 1.807) is 24.3 Å².